The molecule has 1 aromatic carbocycles. The first-order valence-corrected chi connectivity index (χ1v) is 4.49. The fourth-order valence-corrected chi connectivity index (χ4v) is 1.23. The molecule has 6 heteroatoms. The average molecular weight is 229 g/mol. The lowest BCUT2D eigenvalue weighted by Gasteiger charge is -2.10. The van der Waals surface area contributed by atoms with E-state index in [-0.39, 0.29) is 23.5 Å². The fraction of sp³-hybridized carbons (Fsp3) is 0.300. The SMILES string of the molecule is COc1cc(O)c(CC(N)C(=O)O)c(F)c1. The van der Waals surface area contributed by atoms with Crippen LogP contribution in [0.15, 0.2) is 12.1 Å². The van der Waals surface area contributed by atoms with Crippen LogP contribution in [0.2, 0.25) is 0 Å². The number of carbonyl (C=O) groups is 1. The molecule has 4 N–H and O–H groups in total. The van der Waals surface area contributed by atoms with Gasteiger partial charge in [-0.25, -0.2) is 4.39 Å². The minimum Gasteiger partial charge on any atom is -0.507 e. The third-order valence-electron chi connectivity index (χ3n) is 2.12. The topological polar surface area (TPSA) is 92.8 Å². The number of nitrogens with two attached hydrogens (primary N) is 1. The van der Waals surface area contributed by atoms with Gasteiger partial charge in [0.25, 0.3) is 0 Å². The van der Waals surface area contributed by atoms with E-state index in [1.165, 1.54) is 13.2 Å². The standard InChI is InChI=1S/C10H12FNO4/c1-16-5-2-7(11)6(9(13)3-5)4-8(12)10(14)15/h2-3,8,13H,4,12H2,1H3,(H,14,15). The summed E-state index contributed by atoms with van der Waals surface area (Å²) in [5.41, 5.74) is 5.12. The van der Waals surface area contributed by atoms with E-state index in [2.05, 4.69) is 0 Å². The molecule has 0 aliphatic heterocycles. The third kappa shape index (κ3) is 2.60. The van der Waals surface area contributed by atoms with Crippen molar-refractivity contribution in [3.05, 3.63) is 23.5 Å². The van der Waals surface area contributed by atoms with E-state index in [1.807, 2.05) is 0 Å². The van der Waals surface area contributed by atoms with Gasteiger partial charge in [0.05, 0.1) is 7.11 Å². The predicted molar refractivity (Wildman–Crippen MR) is 53.9 cm³/mol. The number of hydrogen-bond donors (Lipinski definition) is 3. The molecule has 1 unspecified atom stereocenters. The Morgan fingerprint density at radius 1 is 1.62 bits per heavy atom. The fourth-order valence-electron chi connectivity index (χ4n) is 1.23. The highest BCUT2D eigenvalue weighted by Crippen LogP contribution is 2.27. The second-order valence-corrected chi connectivity index (χ2v) is 3.26. The maximum atomic E-state index is 13.4. The summed E-state index contributed by atoms with van der Waals surface area (Å²) >= 11 is 0. The van der Waals surface area contributed by atoms with Gasteiger partial charge in [-0.05, 0) is 0 Å². The molecule has 0 heterocycles. The normalized spacial score (nSPS) is 12.2. The molecule has 5 nitrogen and oxygen atoms in total. The van der Waals surface area contributed by atoms with E-state index in [0.29, 0.717) is 0 Å². The maximum Gasteiger partial charge on any atom is 0.320 e. The second-order valence-electron chi connectivity index (χ2n) is 3.26. The summed E-state index contributed by atoms with van der Waals surface area (Å²) in [6.07, 6.45) is -0.281. The molecule has 0 fully saturated rings. The largest absolute Gasteiger partial charge is 0.507 e. The molecule has 16 heavy (non-hydrogen) atoms. The van der Waals surface area contributed by atoms with Gasteiger partial charge in [0.15, 0.2) is 0 Å². The lowest BCUT2D eigenvalue weighted by Crippen LogP contribution is -2.32. The van der Waals surface area contributed by atoms with Crippen LogP contribution in [0.3, 0.4) is 0 Å². The Morgan fingerprint density at radius 2 is 2.25 bits per heavy atom. The van der Waals surface area contributed by atoms with Gasteiger partial charge in [0, 0.05) is 24.1 Å². The maximum absolute atomic E-state index is 13.4. The lowest BCUT2D eigenvalue weighted by molar-refractivity contribution is -0.138. The van der Waals surface area contributed by atoms with Gasteiger partial charge in [-0.2, -0.15) is 0 Å². The molecule has 0 aromatic heterocycles. The molecular formula is C10H12FNO4. The molecule has 0 saturated heterocycles. The molecule has 0 radical (unpaired) electrons. The predicted octanol–water partition coefficient (Wildman–Crippen LogP) is 0.494. The van der Waals surface area contributed by atoms with E-state index in [0.717, 1.165) is 6.07 Å². The Morgan fingerprint density at radius 3 is 2.69 bits per heavy atom. The molecule has 0 aliphatic carbocycles. The minimum absolute atomic E-state index is 0.129. The number of rotatable bonds is 4. The number of ether oxygens (including phenoxy) is 1. The van der Waals surface area contributed by atoms with Crippen molar-refractivity contribution in [1.82, 2.24) is 0 Å². The summed E-state index contributed by atoms with van der Waals surface area (Å²) in [5, 5.41) is 18.0. The summed E-state index contributed by atoms with van der Waals surface area (Å²) in [6, 6.07) is 1.00. The average Bonchev–Trinajstić information content (AvgIpc) is 2.22. The van der Waals surface area contributed by atoms with Gasteiger partial charge < -0.3 is 20.7 Å². The van der Waals surface area contributed by atoms with Crippen LogP contribution in [-0.2, 0) is 11.2 Å². The van der Waals surface area contributed by atoms with Gasteiger partial charge in [-0.15, -0.1) is 0 Å². The summed E-state index contributed by atoms with van der Waals surface area (Å²) in [7, 11) is 1.33. The first-order chi connectivity index (χ1) is 7.45. The summed E-state index contributed by atoms with van der Waals surface area (Å²) in [6.45, 7) is 0. The Balaban J connectivity index is 3.01. The zero-order valence-corrected chi connectivity index (χ0v) is 8.61. The van der Waals surface area contributed by atoms with Crippen LogP contribution in [0.4, 0.5) is 4.39 Å². The van der Waals surface area contributed by atoms with Crippen molar-refractivity contribution < 1.29 is 24.1 Å². The van der Waals surface area contributed by atoms with E-state index in [1.54, 1.807) is 0 Å². The van der Waals surface area contributed by atoms with Gasteiger partial charge in [-0.3, -0.25) is 4.79 Å². The molecule has 0 saturated carbocycles. The van der Waals surface area contributed by atoms with Crippen molar-refractivity contribution in [2.75, 3.05) is 7.11 Å². The van der Waals surface area contributed by atoms with Crippen molar-refractivity contribution in [2.24, 2.45) is 5.73 Å². The number of aliphatic carboxylic acids is 1. The molecule has 1 atom stereocenters. The number of benzene rings is 1. The van der Waals surface area contributed by atoms with Gasteiger partial charge in [-0.1, -0.05) is 0 Å². The Labute approximate surface area is 91.3 Å². The molecule has 0 aliphatic rings. The van der Waals surface area contributed by atoms with E-state index in [4.69, 9.17) is 15.6 Å². The second kappa shape index (κ2) is 4.80. The quantitative estimate of drug-likeness (QED) is 0.698. The van der Waals surface area contributed by atoms with Gasteiger partial charge in [0.2, 0.25) is 0 Å². The first-order valence-electron chi connectivity index (χ1n) is 4.49. The molecular weight excluding hydrogens is 217 g/mol. The Hall–Kier alpha value is -1.82. The van der Waals surface area contributed by atoms with Gasteiger partial charge in [0.1, 0.15) is 23.4 Å². The molecule has 1 rings (SSSR count). The number of hydrogen-bond acceptors (Lipinski definition) is 4. The van der Waals surface area contributed by atoms with Crippen molar-refractivity contribution >= 4 is 5.97 Å². The molecule has 0 bridgehead atoms. The van der Waals surface area contributed by atoms with Crippen LogP contribution < -0.4 is 10.5 Å². The number of aromatic hydroxyl groups is 1. The third-order valence-corrected chi connectivity index (χ3v) is 2.12. The van der Waals surface area contributed by atoms with E-state index < -0.39 is 17.8 Å². The Bertz CT molecular complexity index is 385. The highest BCUT2D eigenvalue weighted by molar-refractivity contribution is 5.73. The van der Waals surface area contributed by atoms with Gasteiger partial charge >= 0.3 is 5.97 Å². The first kappa shape index (κ1) is 12.3. The monoisotopic (exact) mass is 229 g/mol. The van der Waals surface area contributed by atoms with Crippen LogP contribution in [0.25, 0.3) is 0 Å². The van der Waals surface area contributed by atoms with Crippen LogP contribution in [0.5, 0.6) is 11.5 Å². The van der Waals surface area contributed by atoms with Crippen molar-refractivity contribution in [1.29, 1.82) is 0 Å². The van der Waals surface area contributed by atoms with Crippen molar-refractivity contribution in [2.45, 2.75) is 12.5 Å². The minimum atomic E-state index is -1.26. The van der Waals surface area contributed by atoms with Crippen LogP contribution in [0, 0.1) is 5.82 Å². The Kier molecular flexibility index (Phi) is 3.68. The number of phenolic OH excluding ortho intramolecular Hbond substituents is 1. The smallest absolute Gasteiger partial charge is 0.320 e. The molecule has 88 valence electrons. The summed E-state index contributed by atoms with van der Waals surface area (Å²) < 4.78 is 18.2. The highest BCUT2D eigenvalue weighted by Gasteiger charge is 2.18. The number of carboxylic acids is 1. The number of carboxylic acid groups (broad SMARTS) is 1. The van der Waals surface area contributed by atoms with Crippen molar-refractivity contribution in [3.8, 4) is 11.5 Å². The highest BCUT2D eigenvalue weighted by atomic mass is 19.1. The molecule has 0 spiro atoms. The van der Waals surface area contributed by atoms with Crippen molar-refractivity contribution in [3.63, 3.8) is 0 Å². The number of methoxy groups -OCH3 is 1. The summed E-state index contributed by atoms with van der Waals surface area (Å²) in [4.78, 5) is 10.5. The molecule has 0 amide bonds. The van der Waals surface area contributed by atoms with E-state index in [9.17, 15) is 14.3 Å². The van der Waals surface area contributed by atoms with Crippen LogP contribution in [-0.4, -0.2) is 29.3 Å². The van der Waals surface area contributed by atoms with E-state index >= 15 is 0 Å². The number of phenols is 1. The van der Waals surface area contributed by atoms with Crippen LogP contribution >= 0.6 is 0 Å². The molecule has 1 aromatic rings. The zero-order valence-electron chi connectivity index (χ0n) is 8.61. The summed E-state index contributed by atoms with van der Waals surface area (Å²) in [5.74, 6) is -2.21. The number of halogens is 1. The lowest BCUT2D eigenvalue weighted by atomic mass is 10.0. The zero-order chi connectivity index (χ0) is 12.3. The van der Waals surface area contributed by atoms with Crippen LogP contribution in [0.1, 0.15) is 5.56 Å².